The third-order valence-electron chi connectivity index (χ3n) is 6.01. The first-order chi connectivity index (χ1) is 17.0. The Morgan fingerprint density at radius 2 is 1.92 bits per heavy atom. The first-order valence-corrected chi connectivity index (χ1v) is 11.9. The van der Waals surface area contributed by atoms with Gasteiger partial charge in [-0.15, -0.1) is 0 Å². The van der Waals surface area contributed by atoms with Crippen LogP contribution in [0.25, 0.3) is 0 Å². The van der Waals surface area contributed by atoms with Crippen molar-refractivity contribution in [2.45, 2.75) is 70.1 Å². The summed E-state index contributed by atoms with van der Waals surface area (Å²) in [4.78, 5) is 62.9. The highest BCUT2D eigenvalue weighted by atomic mass is 16.4. The molecule has 0 bridgehead atoms. The number of aliphatic imine (C=N–C) groups is 1. The molecule has 1 fully saturated rings. The van der Waals surface area contributed by atoms with E-state index in [0.29, 0.717) is 25.0 Å². The van der Waals surface area contributed by atoms with Crippen molar-refractivity contribution in [3.8, 4) is 0 Å². The van der Waals surface area contributed by atoms with Gasteiger partial charge in [0.2, 0.25) is 17.7 Å². The number of hydrogen-bond acceptors (Lipinski definition) is 7. The maximum Gasteiger partial charge on any atom is 0.326 e. The first kappa shape index (κ1) is 28.6. The fourth-order valence-corrected chi connectivity index (χ4v) is 3.92. The second-order valence-corrected chi connectivity index (χ2v) is 9.15. The van der Waals surface area contributed by atoms with Gasteiger partial charge in [0.1, 0.15) is 18.1 Å². The highest BCUT2D eigenvalue weighted by molar-refractivity contribution is 5.94. The summed E-state index contributed by atoms with van der Waals surface area (Å²) in [6, 6.07) is -3.88. The second-order valence-electron chi connectivity index (χ2n) is 9.15. The van der Waals surface area contributed by atoms with Crippen LogP contribution in [0.2, 0.25) is 0 Å². The summed E-state index contributed by atoms with van der Waals surface area (Å²) in [5.41, 5.74) is 17.2. The van der Waals surface area contributed by atoms with Crippen molar-refractivity contribution in [1.82, 2.24) is 25.5 Å². The van der Waals surface area contributed by atoms with Crippen LogP contribution in [0.1, 0.15) is 45.2 Å². The van der Waals surface area contributed by atoms with E-state index in [4.69, 9.17) is 17.2 Å². The van der Waals surface area contributed by atoms with Crippen LogP contribution in [-0.4, -0.2) is 86.9 Å². The quantitative estimate of drug-likeness (QED) is 0.0889. The smallest absolute Gasteiger partial charge is 0.326 e. The van der Waals surface area contributed by atoms with Gasteiger partial charge in [0.15, 0.2) is 5.96 Å². The zero-order valence-electron chi connectivity index (χ0n) is 20.6. The number of nitrogens with two attached hydrogens (primary N) is 3. The summed E-state index contributed by atoms with van der Waals surface area (Å²) in [6.45, 7) is 4.08. The van der Waals surface area contributed by atoms with E-state index in [-0.39, 0.29) is 37.8 Å². The SMILES string of the molecule is CC(C)C(N)C(=O)NC(CCCN=C(N)N)C(=O)NC(Cc1cnc[nH]1)C(=O)N1CCCC1C(=O)O. The molecule has 36 heavy (non-hydrogen) atoms. The van der Waals surface area contributed by atoms with Crippen LogP contribution in [0.3, 0.4) is 0 Å². The van der Waals surface area contributed by atoms with Gasteiger partial charge in [-0.2, -0.15) is 0 Å². The summed E-state index contributed by atoms with van der Waals surface area (Å²) in [7, 11) is 0. The number of hydrogen-bond donors (Lipinski definition) is 7. The lowest BCUT2D eigenvalue weighted by Gasteiger charge is -2.29. The minimum absolute atomic E-state index is 0.0631. The number of rotatable bonds is 13. The average molecular weight is 508 g/mol. The molecule has 0 spiro atoms. The Morgan fingerprint density at radius 1 is 1.22 bits per heavy atom. The minimum atomic E-state index is -1.10. The van der Waals surface area contributed by atoms with E-state index >= 15 is 0 Å². The van der Waals surface area contributed by atoms with Crippen LogP contribution in [0.5, 0.6) is 0 Å². The number of carbonyl (C=O) groups excluding carboxylic acids is 3. The van der Waals surface area contributed by atoms with Gasteiger partial charge >= 0.3 is 5.97 Å². The van der Waals surface area contributed by atoms with Gasteiger partial charge < -0.3 is 42.8 Å². The molecule has 4 unspecified atom stereocenters. The fraction of sp³-hybridized carbons (Fsp3) is 0.636. The maximum atomic E-state index is 13.4. The number of guanidine groups is 1. The Bertz CT molecular complexity index is 930. The van der Waals surface area contributed by atoms with Crippen LogP contribution >= 0.6 is 0 Å². The molecule has 0 aliphatic carbocycles. The highest BCUT2D eigenvalue weighted by Crippen LogP contribution is 2.19. The topological polar surface area (TPSA) is 235 Å². The molecule has 200 valence electrons. The van der Waals surface area contributed by atoms with Crippen LogP contribution in [-0.2, 0) is 25.6 Å². The van der Waals surface area contributed by atoms with Crippen molar-refractivity contribution in [3.63, 3.8) is 0 Å². The Hall–Kier alpha value is -3.68. The number of amides is 3. The molecule has 14 heteroatoms. The monoisotopic (exact) mass is 507 g/mol. The number of aliphatic carboxylic acids is 1. The summed E-state index contributed by atoms with van der Waals surface area (Å²) in [5, 5.41) is 14.9. The Kier molecular flexibility index (Phi) is 10.6. The average Bonchev–Trinajstić information content (AvgIpc) is 3.51. The van der Waals surface area contributed by atoms with E-state index < -0.39 is 47.9 Å². The lowest BCUT2D eigenvalue weighted by molar-refractivity contribution is -0.149. The molecule has 1 aliphatic heterocycles. The number of carboxylic acid groups (broad SMARTS) is 1. The lowest BCUT2D eigenvalue weighted by Crippen LogP contribution is -2.58. The number of aromatic amines is 1. The predicted octanol–water partition coefficient (Wildman–Crippen LogP) is -1.97. The third kappa shape index (κ3) is 8.22. The van der Waals surface area contributed by atoms with Crippen LogP contribution < -0.4 is 27.8 Å². The Morgan fingerprint density at radius 3 is 2.50 bits per heavy atom. The summed E-state index contributed by atoms with van der Waals surface area (Å²) in [6.07, 6.45) is 4.46. The molecular weight excluding hydrogens is 470 g/mol. The maximum absolute atomic E-state index is 13.4. The van der Waals surface area contributed by atoms with Gasteiger partial charge in [-0.05, 0) is 31.6 Å². The molecule has 10 N–H and O–H groups in total. The van der Waals surface area contributed by atoms with Gasteiger partial charge in [0, 0.05) is 31.4 Å². The lowest BCUT2D eigenvalue weighted by atomic mass is 10.0. The molecule has 14 nitrogen and oxygen atoms in total. The molecule has 0 saturated carbocycles. The van der Waals surface area contributed by atoms with Gasteiger partial charge in [-0.1, -0.05) is 13.8 Å². The molecule has 2 heterocycles. The Labute approximate surface area is 209 Å². The molecule has 4 atom stereocenters. The number of imidazole rings is 1. The number of nitrogens with one attached hydrogen (secondary N) is 3. The zero-order valence-corrected chi connectivity index (χ0v) is 20.6. The molecule has 1 aromatic heterocycles. The van der Waals surface area contributed by atoms with E-state index in [1.54, 1.807) is 13.8 Å². The van der Waals surface area contributed by atoms with E-state index in [1.165, 1.54) is 17.4 Å². The molecule has 0 aromatic carbocycles. The minimum Gasteiger partial charge on any atom is -0.480 e. The van der Waals surface area contributed by atoms with Crippen molar-refractivity contribution >= 4 is 29.7 Å². The normalized spacial score (nSPS) is 17.8. The predicted molar refractivity (Wildman–Crippen MR) is 131 cm³/mol. The van der Waals surface area contributed by atoms with Crippen LogP contribution in [0.4, 0.5) is 0 Å². The molecule has 1 aromatic rings. The second kappa shape index (κ2) is 13.4. The third-order valence-corrected chi connectivity index (χ3v) is 6.01. The summed E-state index contributed by atoms with van der Waals surface area (Å²) < 4.78 is 0. The summed E-state index contributed by atoms with van der Waals surface area (Å²) >= 11 is 0. The fourth-order valence-electron chi connectivity index (χ4n) is 3.92. The molecule has 3 amide bonds. The number of nitrogens with zero attached hydrogens (tertiary/aromatic N) is 3. The number of aromatic nitrogens is 2. The van der Waals surface area contributed by atoms with E-state index in [2.05, 4.69) is 25.6 Å². The van der Waals surface area contributed by atoms with Gasteiger partial charge in [0.25, 0.3) is 0 Å². The standard InChI is InChI=1S/C22H37N9O5/c1-12(2)17(23)19(33)29-14(5-3-7-27-22(24)25)18(32)30-15(9-13-10-26-11-28-13)20(34)31-8-4-6-16(31)21(35)36/h10-12,14-17H,3-9,23H2,1-2H3,(H,26,28)(H,29,33)(H,30,32)(H,35,36)(H4,24,25,27). The number of carboxylic acids is 1. The van der Waals surface area contributed by atoms with E-state index in [9.17, 15) is 24.3 Å². The zero-order chi connectivity index (χ0) is 26.8. The molecular formula is C22H37N9O5. The van der Waals surface area contributed by atoms with Crippen LogP contribution in [0.15, 0.2) is 17.5 Å². The largest absolute Gasteiger partial charge is 0.480 e. The van der Waals surface area contributed by atoms with Gasteiger partial charge in [-0.3, -0.25) is 19.4 Å². The van der Waals surface area contributed by atoms with E-state index in [0.717, 1.165) is 0 Å². The number of H-pyrrole nitrogens is 1. The first-order valence-electron chi connectivity index (χ1n) is 11.9. The van der Waals surface area contributed by atoms with Crippen molar-refractivity contribution in [2.75, 3.05) is 13.1 Å². The highest BCUT2D eigenvalue weighted by Gasteiger charge is 2.38. The molecule has 1 saturated heterocycles. The molecule has 0 radical (unpaired) electrons. The van der Waals surface area contributed by atoms with Gasteiger partial charge in [-0.25, -0.2) is 9.78 Å². The number of likely N-dealkylation sites (tertiary alicyclic amines) is 1. The molecule has 1 aliphatic rings. The van der Waals surface area contributed by atoms with Crippen LogP contribution in [0, 0.1) is 5.92 Å². The number of carbonyl (C=O) groups is 4. The van der Waals surface area contributed by atoms with Crippen molar-refractivity contribution in [3.05, 3.63) is 18.2 Å². The summed E-state index contributed by atoms with van der Waals surface area (Å²) in [5.74, 6) is -2.98. The molecule has 2 rings (SSSR count). The van der Waals surface area contributed by atoms with E-state index in [1.807, 2.05) is 0 Å². The van der Waals surface area contributed by atoms with Gasteiger partial charge in [0.05, 0.1) is 12.4 Å². The van der Waals surface area contributed by atoms with Crippen molar-refractivity contribution < 1.29 is 24.3 Å². The Balaban J connectivity index is 2.22. The van der Waals surface area contributed by atoms with Crippen molar-refractivity contribution in [1.29, 1.82) is 0 Å². The van der Waals surface area contributed by atoms with Crippen molar-refractivity contribution in [2.24, 2.45) is 28.1 Å².